The number of fused-ring (bicyclic) bond motifs is 5. The zero-order chi connectivity index (χ0) is 29.8. The van der Waals surface area contributed by atoms with Crippen molar-refractivity contribution in [2.45, 2.75) is 124 Å². The number of hydrogen-bond acceptors (Lipinski definition) is 3. The van der Waals surface area contributed by atoms with Gasteiger partial charge in [0.25, 0.3) is 10.0 Å². The third kappa shape index (κ3) is 5.47. The van der Waals surface area contributed by atoms with Crippen LogP contribution in [0.5, 0.6) is 0 Å². The Kier molecular flexibility index (Phi) is 8.38. The topological polar surface area (TPSA) is 58.5 Å². The van der Waals surface area contributed by atoms with Crippen molar-refractivity contribution in [2.24, 2.45) is 56.9 Å². The summed E-state index contributed by atoms with van der Waals surface area (Å²) in [6.45, 7) is 19.0. The summed E-state index contributed by atoms with van der Waals surface area (Å²) in [7, 11) is -3.69. The van der Waals surface area contributed by atoms with Crippen LogP contribution in [0.15, 0.2) is 45.9 Å². The number of benzene rings is 1. The first kappa shape index (κ1) is 30.8. The molecule has 0 bridgehead atoms. The highest BCUT2D eigenvalue weighted by molar-refractivity contribution is 7.89. The van der Waals surface area contributed by atoms with Crippen molar-refractivity contribution in [2.75, 3.05) is 0 Å². The van der Waals surface area contributed by atoms with Crippen LogP contribution in [0.3, 0.4) is 0 Å². The van der Waals surface area contributed by atoms with E-state index in [0.29, 0.717) is 5.41 Å². The first-order valence-corrected chi connectivity index (χ1v) is 18.0. The van der Waals surface area contributed by atoms with Crippen molar-refractivity contribution < 1.29 is 8.42 Å². The van der Waals surface area contributed by atoms with Gasteiger partial charge in [0.2, 0.25) is 0 Å². The summed E-state index contributed by atoms with van der Waals surface area (Å²) < 4.78 is 26.0. The van der Waals surface area contributed by atoms with Crippen LogP contribution in [0, 0.1) is 58.7 Å². The fourth-order valence-electron chi connectivity index (χ4n) is 10.3. The Labute approximate surface area is 251 Å². The van der Waals surface area contributed by atoms with Gasteiger partial charge in [-0.2, -0.15) is 13.5 Å². The summed E-state index contributed by atoms with van der Waals surface area (Å²) in [5.74, 6) is 4.87. The molecule has 4 aliphatic rings. The molecule has 5 heteroatoms. The first-order chi connectivity index (χ1) is 19.2. The lowest BCUT2D eigenvalue weighted by Crippen LogP contribution is -2.54. The number of allylic oxidation sites excluding steroid dienone is 2. The van der Waals surface area contributed by atoms with Gasteiger partial charge in [0.15, 0.2) is 0 Å². The van der Waals surface area contributed by atoms with E-state index in [2.05, 4.69) is 64.5 Å². The highest BCUT2D eigenvalue weighted by Crippen LogP contribution is 2.68. The highest BCUT2D eigenvalue weighted by atomic mass is 32.2. The van der Waals surface area contributed by atoms with Gasteiger partial charge in [0, 0.05) is 11.1 Å². The number of rotatable bonds is 8. The van der Waals surface area contributed by atoms with E-state index >= 15 is 0 Å². The minimum Gasteiger partial charge on any atom is -0.200 e. The third-order valence-corrected chi connectivity index (χ3v) is 13.8. The summed E-state index contributed by atoms with van der Waals surface area (Å²) in [5, 5.41) is 4.60. The molecule has 0 heterocycles. The van der Waals surface area contributed by atoms with E-state index in [1.54, 1.807) is 12.1 Å². The maximum atomic E-state index is 13.0. The van der Waals surface area contributed by atoms with Crippen molar-refractivity contribution in [3.8, 4) is 0 Å². The molecule has 0 unspecified atom stereocenters. The number of hydrogen-bond donors (Lipinski definition) is 1. The third-order valence-electron chi connectivity index (χ3n) is 12.6. The molecule has 3 fully saturated rings. The maximum Gasteiger partial charge on any atom is 0.276 e. The Hall–Kier alpha value is -1.62. The molecule has 0 radical (unpaired) electrons. The Morgan fingerprint density at radius 2 is 1.66 bits per heavy atom. The highest BCUT2D eigenvalue weighted by Gasteiger charge is 2.60. The van der Waals surface area contributed by atoms with E-state index in [4.69, 9.17) is 0 Å². The maximum absolute atomic E-state index is 13.0. The van der Waals surface area contributed by atoms with Crippen LogP contribution in [-0.4, -0.2) is 14.1 Å². The van der Waals surface area contributed by atoms with Gasteiger partial charge in [-0.25, -0.2) is 4.83 Å². The minimum absolute atomic E-state index is 0.170. The lowest BCUT2D eigenvalue weighted by Gasteiger charge is -2.60. The standard InChI is InChI=1S/C36H56N2O2S/c1-24(2)10-9-11-26(4)29-17-18-30-28-16-19-32-34(5,6)33(21-23-36(32,8)31(28)20-22-35(29,30)7)37-38-41(39,40)27-14-12-25(3)13-15-27/h12-15,19,24,26,28-31,38H,9-11,16-18,20-23H2,1-8H3/b37-33-/t26-,28-,29+,30-,31-,35+,36+/m0/s1. The Morgan fingerprint density at radius 1 is 0.951 bits per heavy atom. The average molecular weight is 581 g/mol. The number of aryl methyl sites for hydroxylation is 1. The normalized spacial score (nSPS) is 36.3. The Bertz CT molecular complexity index is 1280. The van der Waals surface area contributed by atoms with E-state index in [9.17, 15) is 8.42 Å². The summed E-state index contributed by atoms with van der Waals surface area (Å²) in [5.41, 5.74) is 3.92. The monoisotopic (exact) mass is 580 g/mol. The van der Waals surface area contributed by atoms with Crippen LogP contribution in [0.25, 0.3) is 0 Å². The molecule has 1 N–H and O–H groups in total. The second-order valence-electron chi connectivity index (χ2n) is 15.8. The minimum atomic E-state index is -3.69. The Balaban J connectivity index is 1.34. The van der Waals surface area contributed by atoms with Crippen LogP contribution in [0.4, 0.5) is 0 Å². The van der Waals surface area contributed by atoms with Crippen molar-refractivity contribution in [3.05, 3.63) is 41.5 Å². The summed E-state index contributed by atoms with van der Waals surface area (Å²) in [6, 6.07) is 6.97. The van der Waals surface area contributed by atoms with Crippen molar-refractivity contribution in [1.82, 2.24) is 4.83 Å². The molecule has 3 saturated carbocycles. The zero-order valence-electron chi connectivity index (χ0n) is 27.1. The van der Waals surface area contributed by atoms with Gasteiger partial charge in [-0.15, -0.1) is 0 Å². The van der Waals surface area contributed by atoms with E-state index in [-0.39, 0.29) is 15.7 Å². The van der Waals surface area contributed by atoms with Crippen LogP contribution in [0.2, 0.25) is 0 Å². The van der Waals surface area contributed by atoms with Crippen molar-refractivity contribution in [1.29, 1.82) is 0 Å². The molecule has 5 rings (SSSR count). The molecule has 7 atom stereocenters. The summed E-state index contributed by atoms with van der Waals surface area (Å²) in [6.07, 6.45) is 15.3. The quantitative estimate of drug-likeness (QED) is 0.246. The van der Waals surface area contributed by atoms with E-state index in [0.717, 1.165) is 59.6 Å². The second-order valence-corrected chi connectivity index (χ2v) is 17.4. The molecule has 41 heavy (non-hydrogen) atoms. The molecule has 1 aromatic carbocycles. The van der Waals surface area contributed by atoms with Crippen LogP contribution < -0.4 is 4.83 Å². The average Bonchev–Trinajstić information content (AvgIpc) is 3.25. The SMILES string of the molecule is Cc1ccc(S(=O)(=O)N/N=C2/CC[C@@]3(C)C(=CC[C@H]4[C@@H]5CC[C@H]([C@@H](C)CCCC(C)C)[C@@]5(C)CC[C@@H]43)C2(C)C)cc1. The number of hydrazone groups is 1. The van der Waals surface area contributed by atoms with Gasteiger partial charge in [-0.3, -0.25) is 0 Å². The number of nitrogens with zero attached hydrogens (tertiary/aromatic N) is 1. The van der Waals surface area contributed by atoms with Gasteiger partial charge < -0.3 is 0 Å². The molecule has 0 aromatic heterocycles. The van der Waals surface area contributed by atoms with Crippen molar-refractivity contribution in [3.63, 3.8) is 0 Å². The second kappa shape index (κ2) is 11.1. The first-order valence-electron chi connectivity index (χ1n) is 16.6. The van der Waals surface area contributed by atoms with Crippen LogP contribution in [-0.2, 0) is 10.0 Å². The predicted molar refractivity (Wildman–Crippen MR) is 171 cm³/mol. The van der Waals surface area contributed by atoms with E-state index < -0.39 is 10.0 Å². The summed E-state index contributed by atoms with van der Waals surface area (Å²) in [4.78, 5) is 2.85. The van der Waals surface area contributed by atoms with Crippen molar-refractivity contribution >= 4 is 15.7 Å². The summed E-state index contributed by atoms with van der Waals surface area (Å²) >= 11 is 0. The fourth-order valence-corrected chi connectivity index (χ4v) is 11.2. The predicted octanol–water partition coefficient (Wildman–Crippen LogP) is 9.31. The van der Waals surface area contributed by atoms with Gasteiger partial charge in [0.1, 0.15) is 0 Å². The van der Waals surface area contributed by atoms with Crippen LogP contribution in [0.1, 0.15) is 118 Å². The molecular formula is C36H56N2O2S. The molecule has 0 spiro atoms. The molecule has 4 aliphatic carbocycles. The van der Waals surface area contributed by atoms with Gasteiger partial charge in [0.05, 0.1) is 4.90 Å². The number of sulfonamides is 1. The number of nitrogens with one attached hydrogen (secondary N) is 1. The smallest absolute Gasteiger partial charge is 0.200 e. The molecule has 0 amide bonds. The molecule has 0 saturated heterocycles. The fraction of sp³-hybridized carbons (Fsp3) is 0.750. The molecule has 4 nitrogen and oxygen atoms in total. The zero-order valence-corrected chi connectivity index (χ0v) is 27.9. The van der Waals surface area contributed by atoms with E-state index in [1.165, 1.54) is 56.9 Å². The lowest BCUT2D eigenvalue weighted by atomic mass is 9.44. The largest absolute Gasteiger partial charge is 0.276 e. The molecule has 1 aromatic rings. The molecule has 228 valence electrons. The molecule has 0 aliphatic heterocycles. The van der Waals surface area contributed by atoms with Gasteiger partial charge in [-0.1, -0.05) is 97.1 Å². The Morgan fingerprint density at radius 3 is 2.34 bits per heavy atom. The van der Waals surface area contributed by atoms with Crippen LogP contribution >= 0.6 is 0 Å². The van der Waals surface area contributed by atoms with E-state index in [1.807, 2.05) is 19.1 Å². The van der Waals surface area contributed by atoms with Gasteiger partial charge >= 0.3 is 0 Å². The lowest BCUT2D eigenvalue weighted by molar-refractivity contribution is -0.0510. The van der Waals surface area contributed by atoms with Gasteiger partial charge in [-0.05, 0) is 110 Å². The molecular weight excluding hydrogens is 524 g/mol.